The van der Waals surface area contributed by atoms with Gasteiger partial charge in [0.15, 0.2) is 0 Å². The fourth-order valence-electron chi connectivity index (χ4n) is 2.29. The van der Waals surface area contributed by atoms with Crippen molar-refractivity contribution in [2.24, 2.45) is 0 Å². The molecule has 0 fully saturated rings. The average Bonchev–Trinajstić information content (AvgIpc) is 2.26. The van der Waals surface area contributed by atoms with Crippen molar-refractivity contribution in [1.29, 1.82) is 0 Å². The second kappa shape index (κ2) is 4.36. The molecule has 0 unspecified atom stereocenters. The number of benzene rings is 1. The zero-order chi connectivity index (χ0) is 12.6. The Balaban J connectivity index is 2.88. The number of hydrogen-bond acceptors (Lipinski definition) is 1. The highest BCUT2D eigenvalue weighted by molar-refractivity contribution is 5.85. The van der Waals surface area contributed by atoms with Gasteiger partial charge in [0.25, 0.3) is 0 Å². The van der Waals surface area contributed by atoms with Crippen molar-refractivity contribution in [1.82, 2.24) is 4.98 Å². The first-order valence-electron chi connectivity index (χ1n) is 6.16. The van der Waals surface area contributed by atoms with Crippen LogP contribution in [0.4, 0.5) is 0 Å². The Labute approximate surface area is 102 Å². The zero-order valence-corrected chi connectivity index (χ0v) is 10.9. The number of pyridine rings is 1. The second-order valence-corrected chi connectivity index (χ2v) is 5.17. The van der Waals surface area contributed by atoms with Gasteiger partial charge < -0.3 is 4.98 Å². The number of aromatic nitrogens is 1. The van der Waals surface area contributed by atoms with Gasteiger partial charge >= 0.3 is 0 Å². The first kappa shape index (κ1) is 11.9. The Morgan fingerprint density at radius 3 is 2.24 bits per heavy atom. The maximum absolute atomic E-state index is 11.7. The third-order valence-corrected chi connectivity index (χ3v) is 3.19. The summed E-state index contributed by atoms with van der Waals surface area (Å²) in [5.74, 6) is 0.777. The van der Waals surface area contributed by atoms with Crippen LogP contribution in [0.15, 0.2) is 29.1 Å². The minimum atomic E-state index is -0.00528. The van der Waals surface area contributed by atoms with E-state index >= 15 is 0 Å². The summed E-state index contributed by atoms with van der Waals surface area (Å²) in [5.41, 5.74) is 3.33. The molecule has 2 heteroatoms. The number of aromatic amines is 1. The fraction of sp³-hybridized carbons (Fsp3) is 0.400. The largest absolute Gasteiger partial charge is 0.322 e. The van der Waals surface area contributed by atoms with Crippen molar-refractivity contribution < 1.29 is 0 Å². The number of H-pyrrole nitrogens is 1. The minimum Gasteiger partial charge on any atom is -0.322 e. The first-order valence-corrected chi connectivity index (χ1v) is 6.16. The van der Waals surface area contributed by atoms with E-state index in [2.05, 4.69) is 50.9 Å². The number of rotatable bonds is 2. The van der Waals surface area contributed by atoms with Crippen LogP contribution in [0.25, 0.3) is 10.9 Å². The van der Waals surface area contributed by atoms with E-state index in [9.17, 15) is 4.79 Å². The molecule has 1 N–H and O–H groups in total. The van der Waals surface area contributed by atoms with Crippen LogP contribution in [0, 0.1) is 0 Å². The van der Waals surface area contributed by atoms with Gasteiger partial charge in [0, 0.05) is 11.5 Å². The molecule has 0 bridgehead atoms. The summed E-state index contributed by atoms with van der Waals surface area (Å²) in [6.45, 7) is 8.54. The van der Waals surface area contributed by atoms with Crippen molar-refractivity contribution in [3.8, 4) is 0 Å². The van der Waals surface area contributed by atoms with E-state index < -0.39 is 0 Å². The van der Waals surface area contributed by atoms with E-state index in [4.69, 9.17) is 0 Å². The Morgan fingerprint density at radius 1 is 1.00 bits per heavy atom. The van der Waals surface area contributed by atoms with E-state index in [1.807, 2.05) is 0 Å². The van der Waals surface area contributed by atoms with Crippen molar-refractivity contribution in [2.45, 2.75) is 39.5 Å². The lowest BCUT2D eigenvalue weighted by molar-refractivity contribution is 0.860. The van der Waals surface area contributed by atoms with E-state index in [0.29, 0.717) is 11.8 Å². The van der Waals surface area contributed by atoms with Gasteiger partial charge in [0.1, 0.15) is 0 Å². The highest BCUT2D eigenvalue weighted by atomic mass is 16.1. The summed E-state index contributed by atoms with van der Waals surface area (Å²) in [7, 11) is 0. The van der Waals surface area contributed by atoms with Crippen LogP contribution in [-0.4, -0.2) is 4.98 Å². The van der Waals surface area contributed by atoms with Gasteiger partial charge in [-0.3, -0.25) is 4.79 Å². The molecule has 0 spiro atoms. The number of nitrogens with one attached hydrogen (secondary N) is 1. The summed E-state index contributed by atoms with van der Waals surface area (Å²) >= 11 is 0. The molecule has 0 radical (unpaired) electrons. The molecule has 0 aliphatic carbocycles. The third kappa shape index (κ3) is 2.12. The Bertz CT molecular complexity index is 593. The molecule has 0 saturated heterocycles. The fourth-order valence-corrected chi connectivity index (χ4v) is 2.29. The molecule has 0 atom stereocenters. The number of fused-ring (bicyclic) bond motifs is 1. The van der Waals surface area contributed by atoms with E-state index in [-0.39, 0.29) is 5.56 Å². The average molecular weight is 229 g/mol. The summed E-state index contributed by atoms with van der Waals surface area (Å²) in [4.78, 5) is 14.7. The Kier molecular flexibility index (Phi) is 3.05. The molecule has 2 aromatic rings. The third-order valence-electron chi connectivity index (χ3n) is 3.19. The number of para-hydroxylation sites is 1. The predicted octanol–water partition coefficient (Wildman–Crippen LogP) is 3.77. The van der Waals surface area contributed by atoms with Crippen LogP contribution in [0.3, 0.4) is 0 Å². The first-order chi connectivity index (χ1) is 8.00. The smallest absolute Gasteiger partial charge is 0.248 e. The normalized spacial score (nSPS) is 11.6. The predicted molar refractivity (Wildman–Crippen MR) is 72.7 cm³/mol. The van der Waals surface area contributed by atoms with Gasteiger partial charge in [-0.25, -0.2) is 0 Å². The summed E-state index contributed by atoms with van der Waals surface area (Å²) in [6.07, 6.45) is 0. The SMILES string of the molecule is CC(C)c1cc(=O)[nH]c2c(C(C)C)cccc12. The van der Waals surface area contributed by atoms with Crippen molar-refractivity contribution in [2.75, 3.05) is 0 Å². The highest BCUT2D eigenvalue weighted by Crippen LogP contribution is 2.28. The van der Waals surface area contributed by atoms with Crippen LogP contribution in [0.2, 0.25) is 0 Å². The molecule has 2 rings (SSSR count). The molecule has 17 heavy (non-hydrogen) atoms. The Morgan fingerprint density at radius 2 is 1.65 bits per heavy atom. The van der Waals surface area contributed by atoms with Crippen molar-refractivity contribution >= 4 is 10.9 Å². The van der Waals surface area contributed by atoms with Crippen LogP contribution < -0.4 is 5.56 Å². The second-order valence-electron chi connectivity index (χ2n) is 5.17. The molecule has 1 heterocycles. The van der Waals surface area contributed by atoms with Gasteiger partial charge in [0.05, 0.1) is 5.52 Å². The lowest BCUT2D eigenvalue weighted by Gasteiger charge is -2.14. The number of hydrogen-bond donors (Lipinski definition) is 1. The molecule has 1 aromatic carbocycles. The molecule has 0 amide bonds. The molecule has 2 nitrogen and oxygen atoms in total. The lowest BCUT2D eigenvalue weighted by atomic mass is 9.94. The van der Waals surface area contributed by atoms with Crippen LogP contribution in [0.1, 0.15) is 50.7 Å². The van der Waals surface area contributed by atoms with E-state index in [1.165, 1.54) is 10.9 Å². The zero-order valence-electron chi connectivity index (χ0n) is 10.9. The summed E-state index contributed by atoms with van der Waals surface area (Å²) in [6, 6.07) is 7.97. The van der Waals surface area contributed by atoms with Gasteiger partial charge in [-0.1, -0.05) is 45.9 Å². The molecule has 90 valence electrons. The van der Waals surface area contributed by atoms with Gasteiger partial charge in [-0.2, -0.15) is 0 Å². The lowest BCUT2D eigenvalue weighted by Crippen LogP contribution is -2.09. The molecule has 0 aliphatic heterocycles. The quantitative estimate of drug-likeness (QED) is 0.835. The van der Waals surface area contributed by atoms with E-state index in [1.54, 1.807) is 6.07 Å². The van der Waals surface area contributed by atoms with Crippen molar-refractivity contribution in [3.63, 3.8) is 0 Å². The topological polar surface area (TPSA) is 32.9 Å². The maximum Gasteiger partial charge on any atom is 0.248 e. The maximum atomic E-state index is 11.7. The van der Waals surface area contributed by atoms with Gasteiger partial charge in [0.2, 0.25) is 5.56 Å². The highest BCUT2D eigenvalue weighted by Gasteiger charge is 2.11. The molecular weight excluding hydrogens is 210 g/mol. The monoisotopic (exact) mass is 229 g/mol. The van der Waals surface area contributed by atoms with E-state index in [0.717, 1.165) is 11.1 Å². The van der Waals surface area contributed by atoms with Crippen LogP contribution in [-0.2, 0) is 0 Å². The molecule has 0 aliphatic rings. The Hall–Kier alpha value is -1.57. The minimum absolute atomic E-state index is 0.00528. The van der Waals surface area contributed by atoms with Gasteiger partial charge in [-0.15, -0.1) is 0 Å². The van der Waals surface area contributed by atoms with Gasteiger partial charge in [-0.05, 0) is 23.0 Å². The summed E-state index contributed by atoms with van der Waals surface area (Å²) in [5, 5.41) is 1.17. The molecule has 1 aromatic heterocycles. The van der Waals surface area contributed by atoms with Crippen LogP contribution >= 0.6 is 0 Å². The standard InChI is InChI=1S/C15H19NO/c1-9(2)11-6-5-7-12-13(10(3)4)8-14(17)16-15(11)12/h5-10H,1-4H3,(H,16,17). The molecular formula is C15H19NO. The summed E-state index contributed by atoms with van der Waals surface area (Å²) < 4.78 is 0. The molecule has 0 saturated carbocycles. The van der Waals surface area contributed by atoms with Crippen LogP contribution in [0.5, 0.6) is 0 Å². The van der Waals surface area contributed by atoms with Crippen molar-refractivity contribution in [3.05, 3.63) is 45.7 Å².